The molecular weight excluding hydrogens is 392 g/mol. The SMILES string of the molecule is Fc1ccc(Br)cc1-c1nnc(NC2(c3ncccc3F)CCC2)[nH]1. The van der Waals surface area contributed by atoms with Gasteiger partial charge in [0.05, 0.1) is 11.1 Å². The number of rotatable bonds is 4. The zero-order valence-electron chi connectivity index (χ0n) is 13.1. The second kappa shape index (κ2) is 6.18. The maximum atomic E-state index is 14.2. The van der Waals surface area contributed by atoms with Gasteiger partial charge in [-0.15, -0.1) is 10.2 Å². The maximum Gasteiger partial charge on any atom is 0.222 e. The normalized spacial score (nSPS) is 15.6. The summed E-state index contributed by atoms with van der Waals surface area (Å²) >= 11 is 3.31. The molecule has 1 saturated carbocycles. The fourth-order valence-corrected chi connectivity index (χ4v) is 3.40. The van der Waals surface area contributed by atoms with Gasteiger partial charge < -0.3 is 10.3 Å². The molecule has 8 heteroatoms. The van der Waals surface area contributed by atoms with E-state index in [1.54, 1.807) is 24.4 Å². The van der Waals surface area contributed by atoms with E-state index in [1.807, 2.05) is 0 Å². The molecule has 0 spiro atoms. The van der Waals surface area contributed by atoms with Crippen molar-refractivity contribution in [3.8, 4) is 11.4 Å². The minimum absolute atomic E-state index is 0.303. The minimum atomic E-state index is -0.613. The van der Waals surface area contributed by atoms with Gasteiger partial charge in [0.25, 0.3) is 0 Å². The third-order valence-corrected chi connectivity index (χ3v) is 4.94. The average Bonchev–Trinajstić information content (AvgIpc) is 3.02. The summed E-state index contributed by atoms with van der Waals surface area (Å²) in [4.78, 5) is 7.16. The molecule has 3 aromatic rings. The Labute approximate surface area is 151 Å². The molecule has 2 N–H and O–H groups in total. The van der Waals surface area contributed by atoms with Crippen molar-refractivity contribution in [3.63, 3.8) is 0 Å². The molecule has 2 heterocycles. The molecule has 1 aromatic carbocycles. The van der Waals surface area contributed by atoms with E-state index in [0.717, 1.165) is 23.7 Å². The highest BCUT2D eigenvalue weighted by atomic mass is 79.9. The van der Waals surface area contributed by atoms with E-state index >= 15 is 0 Å². The second-order valence-electron chi connectivity index (χ2n) is 6.04. The standard InChI is InChI=1S/C17H14BrF2N5/c18-10-4-5-12(19)11(9-10)15-22-16(25-24-15)23-17(6-2-7-17)14-13(20)3-1-8-21-14/h1,3-5,8-9H,2,6-7H2,(H2,22,23,24,25). The van der Waals surface area contributed by atoms with E-state index in [4.69, 9.17) is 0 Å². The number of pyridine rings is 1. The van der Waals surface area contributed by atoms with E-state index in [9.17, 15) is 8.78 Å². The summed E-state index contributed by atoms with van der Waals surface area (Å²) in [7, 11) is 0. The highest BCUT2D eigenvalue weighted by molar-refractivity contribution is 9.10. The molecule has 0 bridgehead atoms. The average molecular weight is 406 g/mol. The molecule has 128 valence electrons. The predicted octanol–water partition coefficient (Wildman–Crippen LogP) is 4.40. The first kappa shape index (κ1) is 16.1. The number of hydrogen-bond acceptors (Lipinski definition) is 4. The van der Waals surface area contributed by atoms with Gasteiger partial charge in [-0.25, -0.2) is 8.78 Å². The number of anilines is 1. The first-order chi connectivity index (χ1) is 12.1. The Bertz CT molecular complexity index is 923. The van der Waals surface area contributed by atoms with Crippen molar-refractivity contribution in [2.24, 2.45) is 0 Å². The Balaban J connectivity index is 1.65. The van der Waals surface area contributed by atoms with E-state index < -0.39 is 11.4 Å². The number of aromatic amines is 1. The van der Waals surface area contributed by atoms with Crippen LogP contribution in [0.1, 0.15) is 25.0 Å². The molecule has 1 aliphatic carbocycles. The van der Waals surface area contributed by atoms with Gasteiger partial charge in [-0.2, -0.15) is 0 Å². The molecule has 0 radical (unpaired) electrons. The smallest absolute Gasteiger partial charge is 0.222 e. The second-order valence-corrected chi connectivity index (χ2v) is 6.96. The molecule has 1 aliphatic rings. The van der Waals surface area contributed by atoms with Crippen LogP contribution in [0.5, 0.6) is 0 Å². The molecule has 1 fully saturated rings. The molecule has 4 rings (SSSR count). The fourth-order valence-electron chi connectivity index (χ4n) is 3.03. The van der Waals surface area contributed by atoms with E-state index in [1.165, 1.54) is 12.1 Å². The van der Waals surface area contributed by atoms with Gasteiger partial charge >= 0.3 is 0 Å². The summed E-state index contributed by atoms with van der Waals surface area (Å²) in [6, 6.07) is 7.55. The van der Waals surface area contributed by atoms with Crippen molar-refractivity contribution >= 4 is 21.9 Å². The zero-order chi connectivity index (χ0) is 17.4. The minimum Gasteiger partial charge on any atom is -0.343 e. The summed E-state index contributed by atoms with van der Waals surface area (Å²) in [5, 5.41) is 11.2. The maximum absolute atomic E-state index is 14.2. The van der Waals surface area contributed by atoms with Crippen molar-refractivity contribution in [2.75, 3.05) is 5.32 Å². The Hall–Kier alpha value is -2.35. The molecule has 0 unspecified atom stereocenters. The van der Waals surface area contributed by atoms with E-state index in [2.05, 4.69) is 41.4 Å². The molecule has 5 nitrogen and oxygen atoms in total. The summed E-state index contributed by atoms with van der Waals surface area (Å²) in [6.07, 6.45) is 4.01. The monoisotopic (exact) mass is 405 g/mol. The summed E-state index contributed by atoms with van der Waals surface area (Å²) in [5.41, 5.74) is 0.0623. The van der Waals surface area contributed by atoms with Gasteiger partial charge in [0.1, 0.15) is 17.3 Å². The van der Waals surface area contributed by atoms with Crippen molar-refractivity contribution in [1.29, 1.82) is 0 Å². The molecule has 2 aromatic heterocycles. The predicted molar refractivity (Wildman–Crippen MR) is 92.8 cm³/mol. The van der Waals surface area contributed by atoms with E-state index in [0.29, 0.717) is 23.0 Å². The highest BCUT2D eigenvalue weighted by Crippen LogP contribution is 2.43. The lowest BCUT2D eigenvalue weighted by molar-refractivity contribution is 0.265. The number of nitrogens with zero attached hydrogens (tertiary/aromatic N) is 3. The lowest BCUT2D eigenvalue weighted by Crippen LogP contribution is -2.44. The Kier molecular flexibility index (Phi) is 3.99. The Morgan fingerprint density at radius 3 is 2.68 bits per heavy atom. The van der Waals surface area contributed by atoms with Crippen LogP contribution in [-0.2, 0) is 5.54 Å². The van der Waals surface area contributed by atoms with Crippen LogP contribution in [0.3, 0.4) is 0 Å². The molecule has 0 saturated heterocycles. The summed E-state index contributed by atoms with van der Waals surface area (Å²) in [5.74, 6) is -0.0936. The van der Waals surface area contributed by atoms with Crippen LogP contribution in [0.25, 0.3) is 11.4 Å². The number of hydrogen-bond donors (Lipinski definition) is 2. The van der Waals surface area contributed by atoms with Crippen LogP contribution in [0.2, 0.25) is 0 Å². The highest BCUT2D eigenvalue weighted by Gasteiger charge is 2.42. The number of nitrogens with one attached hydrogen (secondary N) is 2. The largest absolute Gasteiger partial charge is 0.343 e. The van der Waals surface area contributed by atoms with Gasteiger partial charge in [0, 0.05) is 10.7 Å². The van der Waals surface area contributed by atoms with Crippen LogP contribution >= 0.6 is 15.9 Å². The van der Waals surface area contributed by atoms with Crippen LogP contribution in [0, 0.1) is 11.6 Å². The quantitative estimate of drug-likeness (QED) is 0.674. The fraction of sp³-hybridized carbons (Fsp3) is 0.235. The lowest BCUT2D eigenvalue weighted by Gasteiger charge is -2.41. The third-order valence-electron chi connectivity index (χ3n) is 4.45. The molecule has 0 atom stereocenters. The van der Waals surface area contributed by atoms with Crippen LogP contribution in [0.15, 0.2) is 41.0 Å². The van der Waals surface area contributed by atoms with Crippen molar-refractivity contribution < 1.29 is 8.78 Å². The first-order valence-corrected chi connectivity index (χ1v) is 8.64. The number of benzene rings is 1. The van der Waals surface area contributed by atoms with Gasteiger partial charge in [0.15, 0.2) is 5.82 Å². The van der Waals surface area contributed by atoms with Crippen molar-refractivity contribution in [3.05, 3.63) is 58.3 Å². The van der Waals surface area contributed by atoms with E-state index in [-0.39, 0.29) is 5.82 Å². The summed E-state index contributed by atoms with van der Waals surface area (Å²) < 4.78 is 28.9. The Morgan fingerprint density at radius 1 is 1.12 bits per heavy atom. The first-order valence-electron chi connectivity index (χ1n) is 7.85. The van der Waals surface area contributed by atoms with Crippen LogP contribution in [-0.4, -0.2) is 20.2 Å². The van der Waals surface area contributed by atoms with Gasteiger partial charge in [-0.3, -0.25) is 4.98 Å². The van der Waals surface area contributed by atoms with Crippen molar-refractivity contribution in [2.45, 2.75) is 24.8 Å². The van der Waals surface area contributed by atoms with Crippen molar-refractivity contribution in [1.82, 2.24) is 20.2 Å². The molecule has 0 aliphatic heterocycles. The number of H-pyrrole nitrogens is 1. The topological polar surface area (TPSA) is 66.5 Å². The van der Waals surface area contributed by atoms with Gasteiger partial charge in [-0.1, -0.05) is 15.9 Å². The number of aromatic nitrogens is 4. The summed E-state index contributed by atoms with van der Waals surface area (Å²) in [6.45, 7) is 0. The third kappa shape index (κ3) is 2.90. The zero-order valence-corrected chi connectivity index (χ0v) is 14.6. The molecule has 25 heavy (non-hydrogen) atoms. The molecular formula is C17H14BrF2N5. The van der Waals surface area contributed by atoms with Crippen LogP contribution < -0.4 is 5.32 Å². The lowest BCUT2D eigenvalue weighted by atomic mass is 9.74. The number of halogens is 3. The van der Waals surface area contributed by atoms with Gasteiger partial charge in [-0.05, 0) is 49.6 Å². The molecule has 0 amide bonds. The van der Waals surface area contributed by atoms with Gasteiger partial charge in [0.2, 0.25) is 5.95 Å². The van der Waals surface area contributed by atoms with Crippen LogP contribution in [0.4, 0.5) is 14.7 Å². The Morgan fingerprint density at radius 2 is 1.96 bits per heavy atom.